The summed E-state index contributed by atoms with van der Waals surface area (Å²) in [7, 11) is -0.803. The molecule has 1 atom stereocenters. The molecule has 1 aromatic rings. The summed E-state index contributed by atoms with van der Waals surface area (Å²) in [4.78, 5) is -0.283. The van der Waals surface area contributed by atoms with Crippen LogP contribution >= 0.6 is 0 Å². The summed E-state index contributed by atoms with van der Waals surface area (Å²) in [6.07, 6.45) is -4.90. The van der Waals surface area contributed by atoms with Crippen LogP contribution < -0.4 is 15.3 Å². The number of hydrogen-bond donors (Lipinski definition) is 1. The zero-order valence-corrected chi connectivity index (χ0v) is 13.9. The molecule has 0 aromatic heterocycles. The van der Waals surface area contributed by atoms with Crippen molar-refractivity contribution in [3.63, 3.8) is 0 Å². The molecule has 23 heavy (non-hydrogen) atoms. The van der Waals surface area contributed by atoms with Crippen LogP contribution in [0.2, 0.25) is 0 Å². The lowest BCUT2D eigenvalue weighted by atomic mass is 9.79. The third kappa shape index (κ3) is 3.94. The first-order valence-corrected chi connectivity index (χ1v) is 7.95. The topological polar surface area (TPSA) is 76.8 Å². The van der Waals surface area contributed by atoms with Gasteiger partial charge in [-0.05, 0) is 45.3 Å². The van der Waals surface area contributed by atoms with Crippen LogP contribution in [0.5, 0.6) is 5.75 Å². The Morgan fingerprint density at radius 2 is 1.70 bits per heavy atom. The minimum absolute atomic E-state index is 0.283. The molecule has 128 valence electrons. The minimum atomic E-state index is -4.90. The van der Waals surface area contributed by atoms with Crippen molar-refractivity contribution in [3.05, 3.63) is 18.2 Å². The number of benzene rings is 1. The number of nitrogens with two attached hydrogens (primary N) is 1. The molecule has 1 heterocycles. The standard InChI is InChI=1S/C13H17BF3NO4S/c1-11(2)12(3,4)22-14(21-11)8-5-6-9(20-13(15,16)17)10(7-8)23(18)19/h5-7H,18H2,1-4H3. The normalized spacial score (nSPS) is 21.3. The molecule has 0 radical (unpaired) electrons. The van der Waals surface area contributed by atoms with Gasteiger partial charge < -0.3 is 18.6 Å². The van der Waals surface area contributed by atoms with Gasteiger partial charge in [-0.15, -0.1) is 18.3 Å². The number of halogens is 3. The van der Waals surface area contributed by atoms with Crippen LogP contribution in [-0.4, -0.2) is 29.2 Å². The molecule has 1 saturated heterocycles. The highest BCUT2D eigenvalue weighted by Gasteiger charge is 2.52. The molecule has 1 unspecified atom stereocenters. The molecular weight excluding hydrogens is 334 g/mol. The smallest absolute Gasteiger partial charge is 0.573 e. The maximum absolute atomic E-state index is 12.4. The lowest BCUT2D eigenvalue weighted by Crippen LogP contribution is -2.41. The second-order valence-electron chi connectivity index (χ2n) is 6.14. The van der Waals surface area contributed by atoms with Gasteiger partial charge >= 0.3 is 13.5 Å². The van der Waals surface area contributed by atoms with Gasteiger partial charge in [0.1, 0.15) is 0 Å². The quantitative estimate of drug-likeness (QED) is 0.665. The van der Waals surface area contributed by atoms with E-state index in [1.54, 1.807) is 0 Å². The van der Waals surface area contributed by atoms with Crippen molar-refractivity contribution in [1.82, 2.24) is 0 Å². The molecule has 10 heteroatoms. The minimum Gasteiger partial charge on any atom is -0.593 e. The van der Waals surface area contributed by atoms with Gasteiger partial charge in [-0.1, -0.05) is 6.07 Å². The van der Waals surface area contributed by atoms with Gasteiger partial charge in [0, 0.05) is 0 Å². The summed E-state index contributed by atoms with van der Waals surface area (Å²) in [6.45, 7) is 7.37. The van der Waals surface area contributed by atoms with E-state index < -0.39 is 41.8 Å². The van der Waals surface area contributed by atoms with Crippen LogP contribution in [0, 0.1) is 0 Å². The number of hydrogen-bond acceptors (Lipinski definition) is 5. The van der Waals surface area contributed by atoms with Crippen LogP contribution in [0.4, 0.5) is 13.2 Å². The summed E-state index contributed by atoms with van der Waals surface area (Å²) >= 11 is -2.16. The van der Waals surface area contributed by atoms with E-state index >= 15 is 0 Å². The van der Waals surface area contributed by atoms with Crippen LogP contribution in [0.3, 0.4) is 0 Å². The Hall–Kier alpha value is -0.935. The molecule has 1 aliphatic rings. The van der Waals surface area contributed by atoms with E-state index in [-0.39, 0.29) is 4.90 Å². The first-order chi connectivity index (χ1) is 10.3. The zero-order valence-electron chi connectivity index (χ0n) is 13.1. The summed E-state index contributed by atoms with van der Waals surface area (Å²) < 4.78 is 64.1. The van der Waals surface area contributed by atoms with E-state index in [9.17, 15) is 17.7 Å². The molecular formula is C13H17BF3NO4S. The Morgan fingerprint density at radius 1 is 1.17 bits per heavy atom. The highest BCUT2D eigenvalue weighted by Crippen LogP contribution is 2.37. The Labute approximate surface area is 135 Å². The number of rotatable bonds is 3. The summed E-state index contributed by atoms with van der Waals surface area (Å²) in [6, 6.07) is 3.65. The third-order valence-electron chi connectivity index (χ3n) is 3.94. The molecule has 0 saturated carbocycles. The van der Waals surface area contributed by atoms with Crippen LogP contribution in [0.15, 0.2) is 23.1 Å². The first kappa shape index (κ1) is 18.4. The van der Waals surface area contributed by atoms with Gasteiger partial charge in [0.05, 0.1) is 22.6 Å². The SMILES string of the molecule is CC1(C)OB(c2ccc(OC(F)(F)F)c([S+](N)[O-])c2)OC1(C)C. The van der Waals surface area contributed by atoms with Gasteiger partial charge in [0.15, 0.2) is 5.75 Å². The van der Waals surface area contributed by atoms with Crippen molar-refractivity contribution in [1.29, 1.82) is 0 Å². The number of alkyl halides is 3. The van der Waals surface area contributed by atoms with Gasteiger partial charge in [0.25, 0.3) is 0 Å². The Morgan fingerprint density at radius 3 is 2.13 bits per heavy atom. The average molecular weight is 351 g/mol. The van der Waals surface area contributed by atoms with Crippen molar-refractivity contribution in [3.8, 4) is 5.75 Å². The Bertz CT molecular complexity index is 579. The molecule has 1 fully saturated rings. The van der Waals surface area contributed by atoms with Gasteiger partial charge in [0.2, 0.25) is 4.90 Å². The molecule has 1 aliphatic heterocycles. The van der Waals surface area contributed by atoms with E-state index in [4.69, 9.17) is 14.4 Å². The van der Waals surface area contributed by atoms with Crippen LogP contribution in [-0.2, 0) is 20.7 Å². The lowest BCUT2D eigenvalue weighted by molar-refractivity contribution is -0.275. The van der Waals surface area contributed by atoms with E-state index in [1.165, 1.54) is 12.1 Å². The highest BCUT2D eigenvalue weighted by atomic mass is 32.2. The summed E-state index contributed by atoms with van der Waals surface area (Å²) in [5.74, 6) is -0.612. The van der Waals surface area contributed by atoms with Crippen molar-refractivity contribution < 1.29 is 31.8 Å². The maximum atomic E-state index is 12.4. The largest absolute Gasteiger partial charge is 0.593 e. The molecule has 2 rings (SSSR count). The van der Waals surface area contributed by atoms with Crippen molar-refractivity contribution >= 4 is 23.9 Å². The first-order valence-electron chi connectivity index (χ1n) is 6.74. The van der Waals surface area contributed by atoms with E-state index in [0.29, 0.717) is 5.46 Å². The monoisotopic (exact) mass is 351 g/mol. The predicted molar refractivity (Wildman–Crippen MR) is 79.4 cm³/mol. The summed E-state index contributed by atoms with van der Waals surface area (Å²) in [5.41, 5.74) is -0.811. The fourth-order valence-corrected chi connectivity index (χ4v) is 2.58. The zero-order chi connectivity index (χ0) is 17.6. The fourth-order valence-electron chi connectivity index (χ4n) is 2.02. The van der Waals surface area contributed by atoms with Crippen molar-refractivity contribution in [2.75, 3.05) is 0 Å². The van der Waals surface area contributed by atoms with E-state index in [2.05, 4.69) is 4.74 Å². The maximum Gasteiger partial charge on any atom is 0.573 e. The van der Waals surface area contributed by atoms with Gasteiger partial charge in [-0.2, -0.15) is 0 Å². The van der Waals surface area contributed by atoms with Crippen molar-refractivity contribution in [2.24, 2.45) is 5.14 Å². The third-order valence-corrected chi connectivity index (χ3v) is 4.69. The molecule has 0 amide bonds. The molecule has 5 nitrogen and oxygen atoms in total. The second kappa shape index (κ2) is 5.85. The predicted octanol–water partition coefficient (Wildman–Crippen LogP) is 1.87. The van der Waals surface area contributed by atoms with Crippen molar-refractivity contribution in [2.45, 2.75) is 50.2 Å². The molecule has 0 bridgehead atoms. The van der Waals surface area contributed by atoms with Crippen LogP contribution in [0.1, 0.15) is 27.7 Å². The van der Waals surface area contributed by atoms with Crippen LogP contribution in [0.25, 0.3) is 0 Å². The Kier molecular flexibility index (Phi) is 4.68. The number of ether oxygens (including phenoxy) is 1. The highest BCUT2D eigenvalue weighted by molar-refractivity contribution is 7.89. The average Bonchev–Trinajstić information content (AvgIpc) is 2.56. The van der Waals surface area contributed by atoms with Gasteiger partial charge in [-0.3, -0.25) is 0 Å². The van der Waals surface area contributed by atoms with Gasteiger partial charge in [-0.25, -0.2) is 0 Å². The van der Waals surface area contributed by atoms with E-state index in [1.807, 2.05) is 27.7 Å². The summed E-state index contributed by atoms with van der Waals surface area (Å²) in [5, 5.41) is 5.25. The fraction of sp³-hybridized carbons (Fsp3) is 0.538. The Balaban J connectivity index is 2.34. The molecule has 1 aromatic carbocycles. The molecule has 0 spiro atoms. The molecule has 2 N–H and O–H groups in total. The second-order valence-corrected chi connectivity index (χ2v) is 7.17. The molecule has 0 aliphatic carbocycles. The lowest BCUT2D eigenvalue weighted by Gasteiger charge is -2.32. The van der Waals surface area contributed by atoms with E-state index in [0.717, 1.165) is 6.07 Å².